The second-order valence-electron chi connectivity index (χ2n) is 5.12. The van der Waals surface area contributed by atoms with Crippen LogP contribution in [0.5, 0.6) is 0 Å². The zero-order valence-corrected chi connectivity index (χ0v) is 9.29. The molecular weight excluding hydrogens is 191 g/mol. The third-order valence-corrected chi connectivity index (χ3v) is 3.74. The Hall–Kier alpha value is -0.410. The Morgan fingerprint density at radius 1 is 1.33 bits per heavy atom. The van der Waals surface area contributed by atoms with Crippen LogP contribution in [-0.4, -0.2) is 35.7 Å². The van der Waals surface area contributed by atoms with Gasteiger partial charge in [-0.25, -0.2) is 4.39 Å². The van der Waals surface area contributed by atoms with Gasteiger partial charge in [-0.3, -0.25) is 4.90 Å². The van der Waals surface area contributed by atoms with Crippen LogP contribution >= 0.6 is 0 Å². The van der Waals surface area contributed by atoms with Gasteiger partial charge in [-0.15, -0.1) is 6.58 Å². The molecular formula is C12H21FN2. The van der Waals surface area contributed by atoms with E-state index in [1.807, 2.05) is 0 Å². The van der Waals surface area contributed by atoms with Gasteiger partial charge in [0.15, 0.2) is 0 Å². The Bertz CT molecular complexity index is 228. The summed E-state index contributed by atoms with van der Waals surface area (Å²) in [7, 11) is 0. The highest BCUT2D eigenvalue weighted by atomic mass is 19.1. The molecule has 2 nitrogen and oxygen atoms in total. The molecule has 0 bridgehead atoms. The van der Waals surface area contributed by atoms with Crippen molar-refractivity contribution in [3.8, 4) is 0 Å². The van der Waals surface area contributed by atoms with Crippen LogP contribution in [0.15, 0.2) is 12.7 Å². The molecule has 1 aliphatic heterocycles. The highest BCUT2D eigenvalue weighted by Crippen LogP contribution is 2.34. The van der Waals surface area contributed by atoms with Crippen molar-refractivity contribution in [3.63, 3.8) is 0 Å². The monoisotopic (exact) mass is 212 g/mol. The Kier molecular flexibility index (Phi) is 3.12. The SMILES string of the molecule is C=CCC1(F)CN(C2CCC(N)CC2)C1. The molecule has 0 atom stereocenters. The Balaban J connectivity index is 1.77. The molecule has 0 spiro atoms. The smallest absolute Gasteiger partial charge is 0.139 e. The van der Waals surface area contributed by atoms with E-state index < -0.39 is 5.67 Å². The molecule has 0 aromatic rings. The van der Waals surface area contributed by atoms with Crippen LogP contribution in [0.4, 0.5) is 4.39 Å². The predicted molar refractivity (Wildman–Crippen MR) is 60.5 cm³/mol. The molecule has 1 saturated heterocycles. The first kappa shape index (κ1) is 11.1. The molecule has 1 saturated carbocycles. The summed E-state index contributed by atoms with van der Waals surface area (Å²) in [6.07, 6.45) is 6.67. The fourth-order valence-corrected chi connectivity index (χ4v) is 2.79. The first-order valence-electron chi connectivity index (χ1n) is 5.92. The van der Waals surface area contributed by atoms with E-state index >= 15 is 0 Å². The molecule has 2 fully saturated rings. The summed E-state index contributed by atoms with van der Waals surface area (Å²) < 4.78 is 13.9. The van der Waals surface area contributed by atoms with E-state index in [2.05, 4.69) is 11.5 Å². The number of nitrogens with zero attached hydrogens (tertiary/aromatic N) is 1. The van der Waals surface area contributed by atoms with Gasteiger partial charge in [0, 0.05) is 31.6 Å². The van der Waals surface area contributed by atoms with E-state index in [0.29, 0.717) is 31.6 Å². The molecule has 15 heavy (non-hydrogen) atoms. The minimum Gasteiger partial charge on any atom is -0.328 e. The number of nitrogens with two attached hydrogens (primary N) is 1. The molecule has 2 rings (SSSR count). The first-order chi connectivity index (χ1) is 7.13. The summed E-state index contributed by atoms with van der Waals surface area (Å²) in [6.45, 7) is 4.79. The largest absolute Gasteiger partial charge is 0.328 e. The van der Waals surface area contributed by atoms with Crippen molar-refractivity contribution < 1.29 is 4.39 Å². The van der Waals surface area contributed by atoms with E-state index in [0.717, 1.165) is 25.7 Å². The summed E-state index contributed by atoms with van der Waals surface area (Å²) in [6, 6.07) is 0.962. The van der Waals surface area contributed by atoms with Crippen molar-refractivity contribution >= 4 is 0 Å². The fourth-order valence-electron chi connectivity index (χ4n) is 2.79. The van der Waals surface area contributed by atoms with Crippen molar-refractivity contribution in [1.82, 2.24) is 4.90 Å². The molecule has 1 heterocycles. The second kappa shape index (κ2) is 4.22. The fraction of sp³-hybridized carbons (Fsp3) is 0.833. The van der Waals surface area contributed by atoms with Gasteiger partial charge in [-0.05, 0) is 25.7 Å². The van der Waals surface area contributed by atoms with Crippen LogP contribution in [0.1, 0.15) is 32.1 Å². The van der Waals surface area contributed by atoms with E-state index in [9.17, 15) is 4.39 Å². The van der Waals surface area contributed by atoms with Gasteiger partial charge in [-0.2, -0.15) is 0 Å². The highest BCUT2D eigenvalue weighted by molar-refractivity contribution is 5.02. The lowest BCUT2D eigenvalue weighted by Gasteiger charge is -2.49. The summed E-state index contributed by atoms with van der Waals surface area (Å²) in [5.74, 6) is 0. The van der Waals surface area contributed by atoms with E-state index in [1.54, 1.807) is 6.08 Å². The summed E-state index contributed by atoms with van der Waals surface area (Å²) in [4.78, 5) is 2.27. The number of allylic oxidation sites excluding steroid dienone is 1. The number of halogens is 1. The summed E-state index contributed by atoms with van der Waals surface area (Å²) in [5, 5.41) is 0. The first-order valence-corrected chi connectivity index (χ1v) is 5.92. The third kappa shape index (κ3) is 2.40. The lowest BCUT2D eigenvalue weighted by atomic mass is 9.84. The molecule has 2 aliphatic rings. The number of rotatable bonds is 3. The van der Waals surface area contributed by atoms with Gasteiger partial charge < -0.3 is 5.73 Å². The average molecular weight is 212 g/mol. The molecule has 3 heteroatoms. The molecule has 0 unspecified atom stereocenters. The molecule has 2 N–H and O–H groups in total. The molecule has 86 valence electrons. The number of hydrogen-bond donors (Lipinski definition) is 1. The zero-order chi connectivity index (χ0) is 10.9. The minimum absolute atomic E-state index is 0.380. The maximum atomic E-state index is 13.9. The lowest BCUT2D eigenvalue weighted by Crippen LogP contribution is -2.62. The molecule has 0 radical (unpaired) electrons. The topological polar surface area (TPSA) is 29.3 Å². The number of alkyl halides is 1. The Morgan fingerprint density at radius 3 is 2.47 bits per heavy atom. The lowest BCUT2D eigenvalue weighted by molar-refractivity contribution is -0.0631. The normalized spacial score (nSPS) is 35.9. The van der Waals surface area contributed by atoms with Crippen LogP contribution in [0.25, 0.3) is 0 Å². The quantitative estimate of drug-likeness (QED) is 0.723. The Labute approximate surface area is 91.3 Å². The van der Waals surface area contributed by atoms with Crippen molar-refractivity contribution in [2.75, 3.05) is 13.1 Å². The van der Waals surface area contributed by atoms with Gasteiger partial charge in [0.05, 0.1) is 0 Å². The van der Waals surface area contributed by atoms with Gasteiger partial charge >= 0.3 is 0 Å². The van der Waals surface area contributed by atoms with E-state index in [1.165, 1.54) is 0 Å². The van der Waals surface area contributed by atoms with E-state index in [-0.39, 0.29) is 0 Å². The molecule has 1 aliphatic carbocycles. The average Bonchev–Trinajstić information content (AvgIpc) is 2.16. The van der Waals surface area contributed by atoms with Crippen LogP contribution in [0, 0.1) is 0 Å². The van der Waals surface area contributed by atoms with Crippen LogP contribution in [0.2, 0.25) is 0 Å². The van der Waals surface area contributed by atoms with Crippen molar-refractivity contribution in [1.29, 1.82) is 0 Å². The standard InChI is InChI=1S/C12H21FN2/c1-2-7-12(13)8-15(9-12)11-5-3-10(14)4-6-11/h2,10-11H,1,3-9,14H2. The minimum atomic E-state index is -0.985. The highest BCUT2D eigenvalue weighted by Gasteiger charge is 2.45. The summed E-state index contributed by atoms with van der Waals surface area (Å²) in [5.41, 5.74) is 4.87. The van der Waals surface area contributed by atoms with Crippen LogP contribution in [0.3, 0.4) is 0 Å². The van der Waals surface area contributed by atoms with Gasteiger partial charge in [0.1, 0.15) is 5.67 Å². The maximum Gasteiger partial charge on any atom is 0.139 e. The zero-order valence-electron chi connectivity index (χ0n) is 9.29. The van der Waals surface area contributed by atoms with Gasteiger partial charge in [0.2, 0.25) is 0 Å². The van der Waals surface area contributed by atoms with Crippen LogP contribution < -0.4 is 5.73 Å². The Morgan fingerprint density at radius 2 is 1.93 bits per heavy atom. The van der Waals surface area contributed by atoms with Gasteiger partial charge in [-0.1, -0.05) is 6.08 Å². The third-order valence-electron chi connectivity index (χ3n) is 3.74. The van der Waals surface area contributed by atoms with E-state index in [4.69, 9.17) is 5.73 Å². The summed E-state index contributed by atoms with van der Waals surface area (Å²) >= 11 is 0. The van der Waals surface area contributed by atoms with Crippen LogP contribution in [-0.2, 0) is 0 Å². The van der Waals surface area contributed by atoms with Crippen molar-refractivity contribution in [3.05, 3.63) is 12.7 Å². The molecule has 0 aromatic heterocycles. The molecule has 0 aromatic carbocycles. The second-order valence-corrected chi connectivity index (χ2v) is 5.12. The van der Waals surface area contributed by atoms with Gasteiger partial charge in [0.25, 0.3) is 0 Å². The van der Waals surface area contributed by atoms with Crippen molar-refractivity contribution in [2.45, 2.75) is 49.9 Å². The molecule has 0 amide bonds. The number of hydrogen-bond acceptors (Lipinski definition) is 2. The predicted octanol–water partition coefficient (Wildman–Crippen LogP) is 1.86. The van der Waals surface area contributed by atoms with Crippen molar-refractivity contribution in [2.24, 2.45) is 5.73 Å². The maximum absolute atomic E-state index is 13.9. The number of likely N-dealkylation sites (tertiary alicyclic amines) is 1.